The van der Waals surface area contributed by atoms with E-state index in [1.54, 1.807) is 0 Å². The molecule has 0 heterocycles. The van der Waals surface area contributed by atoms with Gasteiger partial charge in [0.1, 0.15) is 5.60 Å². The third-order valence-corrected chi connectivity index (χ3v) is 6.79. The molecule has 0 radical (unpaired) electrons. The first-order valence-corrected chi connectivity index (χ1v) is 10.3. The van der Waals surface area contributed by atoms with Gasteiger partial charge in [-0.1, -0.05) is 33.6 Å². The van der Waals surface area contributed by atoms with Crippen LogP contribution in [-0.2, 0) is 19.1 Å². The molecule has 150 valence electrons. The van der Waals surface area contributed by atoms with E-state index in [4.69, 9.17) is 9.47 Å². The van der Waals surface area contributed by atoms with Crippen LogP contribution in [0.25, 0.3) is 0 Å². The summed E-state index contributed by atoms with van der Waals surface area (Å²) >= 11 is 0. The van der Waals surface area contributed by atoms with Crippen LogP contribution in [0.3, 0.4) is 0 Å². The Kier molecular flexibility index (Phi) is 6.79. The van der Waals surface area contributed by atoms with Crippen molar-refractivity contribution in [2.75, 3.05) is 7.11 Å². The summed E-state index contributed by atoms with van der Waals surface area (Å²) in [5.74, 6) is 0.590. The number of rotatable bonds is 4. The molecular formula is C22H38O4. The van der Waals surface area contributed by atoms with Gasteiger partial charge in [-0.15, -0.1) is 0 Å². The van der Waals surface area contributed by atoms with Crippen molar-refractivity contribution in [1.29, 1.82) is 0 Å². The fourth-order valence-corrected chi connectivity index (χ4v) is 4.82. The lowest BCUT2D eigenvalue weighted by molar-refractivity contribution is -0.171. The van der Waals surface area contributed by atoms with Crippen LogP contribution in [0.5, 0.6) is 0 Å². The lowest BCUT2D eigenvalue weighted by Crippen LogP contribution is -2.42. The Hall–Kier alpha value is -1.06. The summed E-state index contributed by atoms with van der Waals surface area (Å²) in [4.78, 5) is 24.8. The van der Waals surface area contributed by atoms with Crippen molar-refractivity contribution in [2.24, 2.45) is 29.1 Å². The Morgan fingerprint density at radius 2 is 1.27 bits per heavy atom. The summed E-state index contributed by atoms with van der Waals surface area (Å²) in [6.45, 7) is 10.8. The molecule has 0 N–H and O–H groups in total. The molecule has 26 heavy (non-hydrogen) atoms. The summed E-state index contributed by atoms with van der Waals surface area (Å²) in [6, 6.07) is 0. The van der Waals surface area contributed by atoms with Gasteiger partial charge in [0.25, 0.3) is 0 Å². The van der Waals surface area contributed by atoms with E-state index in [-0.39, 0.29) is 35.1 Å². The minimum atomic E-state index is -0.529. The second kappa shape index (κ2) is 8.31. The molecule has 4 unspecified atom stereocenters. The summed E-state index contributed by atoms with van der Waals surface area (Å²) < 4.78 is 11.0. The van der Waals surface area contributed by atoms with Crippen molar-refractivity contribution in [2.45, 2.75) is 91.6 Å². The Morgan fingerprint density at radius 1 is 0.769 bits per heavy atom. The third-order valence-electron chi connectivity index (χ3n) is 6.79. The van der Waals surface area contributed by atoms with Crippen molar-refractivity contribution in [3.63, 3.8) is 0 Å². The van der Waals surface area contributed by atoms with Crippen molar-refractivity contribution < 1.29 is 19.1 Å². The van der Waals surface area contributed by atoms with E-state index in [1.807, 2.05) is 13.8 Å². The van der Waals surface area contributed by atoms with E-state index < -0.39 is 5.60 Å². The van der Waals surface area contributed by atoms with E-state index in [0.717, 1.165) is 44.9 Å². The fourth-order valence-electron chi connectivity index (χ4n) is 4.82. The van der Waals surface area contributed by atoms with Gasteiger partial charge in [-0.3, -0.25) is 9.59 Å². The molecule has 2 fully saturated rings. The number of carbonyl (C=O) groups is 2. The Bertz CT molecular complexity index is 503. The van der Waals surface area contributed by atoms with Crippen molar-refractivity contribution in [3.8, 4) is 0 Å². The number of carbonyl (C=O) groups excluding carboxylic acids is 2. The van der Waals surface area contributed by atoms with Crippen LogP contribution in [0.2, 0.25) is 0 Å². The van der Waals surface area contributed by atoms with Crippen LogP contribution >= 0.6 is 0 Å². The van der Waals surface area contributed by atoms with Gasteiger partial charge < -0.3 is 9.47 Å². The molecule has 2 aliphatic carbocycles. The van der Waals surface area contributed by atoms with Crippen LogP contribution in [-0.4, -0.2) is 24.6 Å². The lowest BCUT2D eigenvalue weighted by Gasteiger charge is -2.41. The van der Waals surface area contributed by atoms with Crippen LogP contribution in [0.1, 0.15) is 86.0 Å². The number of hydrogen-bond acceptors (Lipinski definition) is 4. The molecule has 0 bridgehead atoms. The first-order chi connectivity index (χ1) is 12.0. The summed E-state index contributed by atoms with van der Waals surface area (Å²) in [6.07, 6.45) is 7.82. The highest BCUT2D eigenvalue weighted by Gasteiger charge is 2.41. The molecule has 2 rings (SSSR count). The van der Waals surface area contributed by atoms with Crippen LogP contribution in [0.15, 0.2) is 0 Å². The maximum absolute atomic E-state index is 12.9. The van der Waals surface area contributed by atoms with Crippen molar-refractivity contribution in [3.05, 3.63) is 0 Å². The topological polar surface area (TPSA) is 52.6 Å². The second-order valence-corrected chi connectivity index (χ2v) is 10.0. The number of ether oxygens (including phenoxy) is 2. The Labute approximate surface area is 159 Å². The van der Waals surface area contributed by atoms with E-state index in [1.165, 1.54) is 13.5 Å². The molecule has 0 aromatic carbocycles. The smallest absolute Gasteiger partial charge is 0.309 e. The third kappa shape index (κ3) is 5.23. The molecule has 0 aliphatic heterocycles. The lowest BCUT2D eigenvalue weighted by atomic mass is 9.69. The maximum atomic E-state index is 12.9. The fraction of sp³-hybridized carbons (Fsp3) is 0.909. The summed E-state index contributed by atoms with van der Waals surface area (Å²) in [5, 5.41) is 0. The standard InChI is InChI=1S/C22H38O4/c1-21(2,3)17-11-7-10-16(13-17)20(24)26-22(4,5)18-12-8-9-15(14-18)19(23)25-6/h15-18H,7-14H2,1-6H3. The predicted molar refractivity (Wildman–Crippen MR) is 103 cm³/mol. The normalized spacial score (nSPS) is 30.5. The van der Waals surface area contributed by atoms with Gasteiger partial charge in [-0.2, -0.15) is 0 Å². The number of esters is 2. The summed E-state index contributed by atoms with van der Waals surface area (Å²) in [7, 11) is 1.45. The van der Waals surface area contributed by atoms with E-state index >= 15 is 0 Å². The quantitative estimate of drug-likeness (QED) is 0.646. The average molecular weight is 367 g/mol. The Balaban J connectivity index is 1.97. The number of methoxy groups -OCH3 is 1. The van der Waals surface area contributed by atoms with Crippen LogP contribution in [0, 0.1) is 29.1 Å². The molecule has 4 atom stereocenters. The minimum absolute atomic E-state index is 0.0206. The van der Waals surface area contributed by atoms with Gasteiger partial charge in [0, 0.05) is 0 Å². The number of hydrogen-bond donors (Lipinski definition) is 0. The molecule has 0 saturated heterocycles. The zero-order valence-corrected chi connectivity index (χ0v) is 17.6. The monoisotopic (exact) mass is 366 g/mol. The van der Waals surface area contributed by atoms with Crippen LogP contribution in [0.4, 0.5) is 0 Å². The molecule has 0 amide bonds. The highest BCUT2D eigenvalue weighted by molar-refractivity contribution is 5.73. The molecule has 4 heteroatoms. The largest absolute Gasteiger partial charge is 0.469 e. The second-order valence-electron chi connectivity index (χ2n) is 10.0. The highest BCUT2D eigenvalue weighted by Crippen LogP contribution is 2.42. The highest BCUT2D eigenvalue weighted by atomic mass is 16.6. The SMILES string of the molecule is COC(=O)C1CCCC(C(C)(C)OC(=O)C2CCCC(C(C)(C)C)C2)C1. The molecule has 2 saturated carbocycles. The van der Waals surface area contributed by atoms with Crippen LogP contribution < -0.4 is 0 Å². The van der Waals surface area contributed by atoms with Crippen molar-refractivity contribution in [1.82, 2.24) is 0 Å². The predicted octanol–water partition coefficient (Wildman–Crippen LogP) is 5.14. The first-order valence-electron chi connectivity index (χ1n) is 10.3. The molecule has 0 aromatic heterocycles. The molecule has 4 nitrogen and oxygen atoms in total. The van der Waals surface area contributed by atoms with Gasteiger partial charge >= 0.3 is 11.9 Å². The first kappa shape index (κ1) is 21.2. The van der Waals surface area contributed by atoms with Gasteiger partial charge in [-0.05, 0) is 69.6 Å². The minimum Gasteiger partial charge on any atom is -0.469 e. The molecule has 2 aliphatic rings. The van der Waals surface area contributed by atoms with E-state index in [9.17, 15) is 9.59 Å². The van der Waals surface area contributed by atoms with Crippen molar-refractivity contribution >= 4 is 11.9 Å². The average Bonchev–Trinajstić information content (AvgIpc) is 2.60. The van der Waals surface area contributed by atoms with Gasteiger partial charge in [0.2, 0.25) is 0 Å². The molecular weight excluding hydrogens is 328 g/mol. The van der Waals surface area contributed by atoms with Gasteiger partial charge in [-0.25, -0.2) is 0 Å². The zero-order chi connectivity index (χ0) is 19.5. The maximum Gasteiger partial charge on any atom is 0.309 e. The van der Waals surface area contributed by atoms with E-state index in [0.29, 0.717) is 5.92 Å². The van der Waals surface area contributed by atoms with Gasteiger partial charge in [0.05, 0.1) is 18.9 Å². The van der Waals surface area contributed by atoms with Gasteiger partial charge in [0.15, 0.2) is 0 Å². The molecule has 0 spiro atoms. The Morgan fingerprint density at radius 3 is 1.81 bits per heavy atom. The summed E-state index contributed by atoms with van der Waals surface area (Å²) in [5.41, 5.74) is -0.288. The molecule has 0 aromatic rings. The zero-order valence-electron chi connectivity index (χ0n) is 17.6. The van der Waals surface area contributed by atoms with E-state index in [2.05, 4.69) is 20.8 Å².